The average molecular weight is 825 g/mol. The van der Waals surface area contributed by atoms with Crippen molar-refractivity contribution in [3.05, 3.63) is 11.6 Å². The van der Waals surface area contributed by atoms with Crippen LogP contribution in [0.3, 0.4) is 0 Å². The zero-order chi connectivity index (χ0) is 42.7. The van der Waals surface area contributed by atoms with Crippen LogP contribution in [-0.4, -0.2) is 61.6 Å². The molecule has 3 fully saturated rings. The minimum absolute atomic E-state index is 0.0610. The summed E-state index contributed by atoms with van der Waals surface area (Å²) in [7, 11) is 0. The number of ether oxygens (including phenoxy) is 1. The molecule has 0 bridgehead atoms. The summed E-state index contributed by atoms with van der Waals surface area (Å²) in [4.78, 5) is 40.9. The van der Waals surface area contributed by atoms with Crippen molar-refractivity contribution in [1.29, 1.82) is 0 Å². The number of nitrogens with one attached hydrogen (secondary N) is 2. The van der Waals surface area contributed by atoms with Gasteiger partial charge < -0.3 is 26.0 Å². The lowest BCUT2D eigenvalue weighted by molar-refractivity contribution is -0.136. The fourth-order valence-corrected chi connectivity index (χ4v) is 12.5. The highest BCUT2D eigenvalue weighted by Gasteiger charge is 2.59. The minimum atomic E-state index is -0.325. The topological polar surface area (TPSA) is 114 Å². The van der Waals surface area contributed by atoms with E-state index in [2.05, 4.69) is 58.3 Å². The molecule has 0 unspecified atom stereocenters. The highest BCUT2D eigenvalue weighted by molar-refractivity contribution is 5.84. The van der Waals surface area contributed by atoms with Crippen molar-refractivity contribution in [2.45, 2.75) is 215 Å². The molecule has 0 aromatic carbocycles. The van der Waals surface area contributed by atoms with Crippen LogP contribution >= 0.6 is 0 Å². The van der Waals surface area contributed by atoms with Crippen LogP contribution < -0.4 is 16.4 Å². The van der Waals surface area contributed by atoms with Crippen molar-refractivity contribution in [2.24, 2.45) is 52.1 Å². The van der Waals surface area contributed by atoms with E-state index in [1.807, 2.05) is 0 Å². The van der Waals surface area contributed by atoms with Crippen LogP contribution in [0, 0.1) is 46.3 Å². The lowest BCUT2D eigenvalue weighted by atomic mass is 9.47. The van der Waals surface area contributed by atoms with Crippen LogP contribution in [0.1, 0.15) is 208 Å². The van der Waals surface area contributed by atoms with Crippen molar-refractivity contribution in [3.63, 3.8) is 0 Å². The Balaban J connectivity index is 1.19. The fourth-order valence-electron chi connectivity index (χ4n) is 12.5. The van der Waals surface area contributed by atoms with Crippen LogP contribution in [0.2, 0.25) is 0 Å². The predicted octanol–water partition coefficient (Wildman–Crippen LogP) is 11.9. The first kappa shape index (κ1) is 49.6. The molecule has 4 aliphatic rings. The maximum Gasteiger partial charge on any atom is 0.407 e. The van der Waals surface area contributed by atoms with Gasteiger partial charge in [0.2, 0.25) is 11.8 Å². The third-order valence-electron chi connectivity index (χ3n) is 16.0. The maximum atomic E-state index is 13.3. The van der Waals surface area contributed by atoms with E-state index in [-0.39, 0.29) is 36.0 Å². The zero-order valence-corrected chi connectivity index (χ0v) is 39.2. The molecule has 8 heteroatoms. The number of nitrogens with two attached hydrogens (primary N) is 1. The summed E-state index contributed by atoms with van der Waals surface area (Å²) in [5, 5.41) is 6.02. The molecule has 0 spiro atoms. The Bertz CT molecular complexity index is 1290. The number of amides is 3. The lowest BCUT2D eigenvalue weighted by Gasteiger charge is -2.58. The Kier molecular flexibility index (Phi) is 21.6. The summed E-state index contributed by atoms with van der Waals surface area (Å²) >= 11 is 0. The van der Waals surface area contributed by atoms with E-state index in [9.17, 15) is 14.4 Å². The summed E-state index contributed by atoms with van der Waals surface area (Å²) in [5.74, 6) is 4.91. The van der Waals surface area contributed by atoms with Crippen molar-refractivity contribution in [1.82, 2.24) is 15.5 Å². The standard InChI is InChI=1S/C51H92N4O4/c1-7-8-9-10-11-12-13-16-24-48(57)55(38-47(56)53-34-18-15-14-17-33-52)36-20-19-35-54-49(58)59-42-29-31-50(5)41(37-42)25-26-43-45-28-27-44(40(4)23-21-22-39(2)3)51(45,6)32-30-46(43)50/h25,39-40,42-46H,7-24,26-38,52H2,1-6H3,(H,53,56)(H,54,58)/t40-,42+,43+,44-,45+,46+,50+,51-/m1/s1. The zero-order valence-electron chi connectivity index (χ0n) is 39.2. The first-order valence-corrected chi connectivity index (χ1v) is 25.3. The molecule has 0 aromatic rings. The van der Waals surface area contributed by atoms with Crippen molar-refractivity contribution in [2.75, 3.05) is 32.7 Å². The maximum absolute atomic E-state index is 13.3. The summed E-state index contributed by atoms with van der Waals surface area (Å²) in [5.41, 5.74) is 7.89. The summed E-state index contributed by atoms with van der Waals surface area (Å²) in [6, 6.07) is 0. The second-order valence-electron chi connectivity index (χ2n) is 20.8. The minimum Gasteiger partial charge on any atom is -0.446 e. The molecule has 0 aliphatic heterocycles. The van der Waals surface area contributed by atoms with E-state index in [1.54, 1.807) is 10.5 Å². The number of rotatable bonds is 28. The van der Waals surface area contributed by atoms with Gasteiger partial charge >= 0.3 is 6.09 Å². The molecule has 59 heavy (non-hydrogen) atoms. The first-order valence-electron chi connectivity index (χ1n) is 25.3. The Morgan fingerprint density at radius 3 is 2.24 bits per heavy atom. The van der Waals surface area contributed by atoms with Crippen LogP contribution in [0.4, 0.5) is 4.79 Å². The van der Waals surface area contributed by atoms with E-state index < -0.39 is 0 Å². The van der Waals surface area contributed by atoms with Gasteiger partial charge in [-0.25, -0.2) is 4.79 Å². The Morgan fingerprint density at radius 2 is 1.49 bits per heavy atom. The van der Waals surface area contributed by atoms with Gasteiger partial charge in [0, 0.05) is 32.5 Å². The molecular weight excluding hydrogens is 733 g/mol. The van der Waals surface area contributed by atoms with Gasteiger partial charge in [0.1, 0.15) is 6.10 Å². The van der Waals surface area contributed by atoms with Gasteiger partial charge in [-0.1, -0.05) is 130 Å². The number of unbranched alkanes of at least 4 members (excludes halogenated alkanes) is 11. The molecule has 4 N–H and O–H groups in total. The molecule has 8 nitrogen and oxygen atoms in total. The molecule has 0 heterocycles. The van der Waals surface area contributed by atoms with Crippen LogP contribution in [0.5, 0.6) is 0 Å². The monoisotopic (exact) mass is 825 g/mol. The highest BCUT2D eigenvalue weighted by atomic mass is 16.6. The SMILES string of the molecule is CCCCCCCCCCC(=O)N(CCCCNC(=O)O[C@H]1CC[C@@]2(C)C(=CC[C@H]3[C@@H]4CC[C@H]([C@H](C)CCCC(C)C)[C@@]4(C)CC[C@@H]32)C1)CC(=O)NCCCCCCN. The molecule has 0 aromatic heterocycles. The number of hydrogen-bond donors (Lipinski definition) is 3. The third kappa shape index (κ3) is 15.0. The second-order valence-corrected chi connectivity index (χ2v) is 20.8. The second kappa shape index (κ2) is 25.8. The van der Waals surface area contributed by atoms with E-state index in [1.165, 1.54) is 89.9 Å². The summed E-state index contributed by atoms with van der Waals surface area (Å²) in [6.45, 7) is 17.2. The first-order chi connectivity index (χ1) is 28.4. The number of fused-ring (bicyclic) bond motifs is 5. The van der Waals surface area contributed by atoms with Crippen LogP contribution in [0.15, 0.2) is 11.6 Å². The largest absolute Gasteiger partial charge is 0.446 e. The lowest BCUT2D eigenvalue weighted by Crippen LogP contribution is -2.51. The van der Waals surface area contributed by atoms with E-state index >= 15 is 0 Å². The smallest absolute Gasteiger partial charge is 0.407 e. The van der Waals surface area contributed by atoms with Gasteiger partial charge in [0.15, 0.2) is 0 Å². The van der Waals surface area contributed by atoms with E-state index in [0.29, 0.717) is 38.0 Å². The van der Waals surface area contributed by atoms with E-state index in [0.717, 1.165) is 106 Å². The molecule has 3 saturated carbocycles. The van der Waals surface area contributed by atoms with Gasteiger partial charge in [-0.05, 0) is 130 Å². The molecule has 4 aliphatic carbocycles. The Hall–Kier alpha value is -2.09. The summed E-state index contributed by atoms with van der Waals surface area (Å²) in [6.07, 6.45) is 31.5. The van der Waals surface area contributed by atoms with Crippen LogP contribution in [0.25, 0.3) is 0 Å². The van der Waals surface area contributed by atoms with Gasteiger partial charge in [-0.3, -0.25) is 9.59 Å². The normalized spacial score (nSPS) is 27.9. The fraction of sp³-hybridized carbons (Fsp3) is 0.902. The summed E-state index contributed by atoms with van der Waals surface area (Å²) < 4.78 is 6.06. The molecular formula is C51H92N4O4. The van der Waals surface area contributed by atoms with Gasteiger partial charge in [0.05, 0.1) is 6.54 Å². The molecule has 3 amide bonds. The highest BCUT2D eigenvalue weighted by Crippen LogP contribution is 2.67. The number of allylic oxidation sites excluding steroid dienone is 1. The third-order valence-corrected chi connectivity index (χ3v) is 16.0. The van der Waals surface area contributed by atoms with Crippen molar-refractivity contribution < 1.29 is 19.1 Å². The average Bonchev–Trinajstić information content (AvgIpc) is 3.57. The molecule has 4 rings (SSSR count). The number of carbonyl (C=O) groups is 3. The predicted molar refractivity (Wildman–Crippen MR) is 245 cm³/mol. The Morgan fingerprint density at radius 1 is 0.797 bits per heavy atom. The quantitative estimate of drug-likeness (QED) is 0.0537. The number of nitrogens with zero attached hydrogens (tertiary/aromatic N) is 1. The van der Waals surface area contributed by atoms with Crippen LogP contribution in [-0.2, 0) is 14.3 Å². The number of alkyl carbamates (subject to hydrolysis) is 1. The van der Waals surface area contributed by atoms with Gasteiger partial charge in [-0.2, -0.15) is 0 Å². The van der Waals surface area contributed by atoms with E-state index in [4.69, 9.17) is 10.5 Å². The molecule has 340 valence electrons. The number of carbonyl (C=O) groups excluding carboxylic acids is 3. The molecule has 0 saturated heterocycles. The Labute approximate surface area is 362 Å². The van der Waals surface area contributed by atoms with Crippen molar-refractivity contribution >= 4 is 17.9 Å². The molecule has 0 radical (unpaired) electrons. The molecule has 8 atom stereocenters. The van der Waals surface area contributed by atoms with Gasteiger partial charge in [0.25, 0.3) is 0 Å². The number of hydrogen-bond acceptors (Lipinski definition) is 5. The van der Waals surface area contributed by atoms with Gasteiger partial charge in [-0.15, -0.1) is 0 Å². The van der Waals surface area contributed by atoms with Crippen molar-refractivity contribution in [3.8, 4) is 0 Å².